The number of phenols is 1. The monoisotopic (exact) mass is 404 g/mol. The van der Waals surface area contributed by atoms with E-state index in [1.165, 1.54) is 0 Å². The van der Waals surface area contributed by atoms with E-state index in [1.54, 1.807) is 36.6 Å². The zero-order valence-corrected chi connectivity index (χ0v) is 16.6. The molecule has 0 aliphatic carbocycles. The maximum absolute atomic E-state index is 11.9. The molecule has 6 heteroatoms. The maximum atomic E-state index is 11.9. The molecule has 5 nitrogen and oxygen atoms in total. The number of phenolic OH excluding ortho intramolecular Hbond substituents is 1. The minimum Gasteiger partial charge on any atom is -0.505 e. The summed E-state index contributed by atoms with van der Waals surface area (Å²) in [5.74, 6) is -0.177. The molecule has 0 aliphatic rings. The van der Waals surface area contributed by atoms with Crippen LogP contribution in [0.1, 0.15) is 33.8 Å². The molecule has 4 rings (SSSR count). The molecule has 0 saturated carbocycles. The first-order valence-corrected chi connectivity index (χ1v) is 10.2. The SMILES string of the molecule is CCOC(=O)c1ccc(NC(c2cccs2)c2ccc3cccnc3c2O)cc1. The van der Waals surface area contributed by atoms with Gasteiger partial charge in [-0.05, 0) is 48.7 Å². The number of thiophene rings is 1. The van der Waals surface area contributed by atoms with Gasteiger partial charge in [-0.3, -0.25) is 4.98 Å². The van der Waals surface area contributed by atoms with Crippen LogP contribution in [0.15, 0.2) is 72.2 Å². The molecule has 0 fully saturated rings. The minimum atomic E-state index is -0.341. The van der Waals surface area contributed by atoms with Gasteiger partial charge in [0, 0.05) is 27.7 Å². The average molecular weight is 404 g/mol. The second-order valence-corrected chi connectivity index (χ2v) is 7.45. The Bertz CT molecular complexity index is 1120. The van der Waals surface area contributed by atoms with Gasteiger partial charge in [-0.15, -0.1) is 11.3 Å². The number of aromatic hydroxyl groups is 1. The number of rotatable bonds is 6. The fraction of sp³-hybridized carbons (Fsp3) is 0.130. The normalized spacial score (nSPS) is 11.9. The van der Waals surface area contributed by atoms with Crippen molar-refractivity contribution in [1.82, 2.24) is 4.98 Å². The van der Waals surface area contributed by atoms with Crippen LogP contribution < -0.4 is 5.32 Å². The minimum absolute atomic E-state index is 0.164. The van der Waals surface area contributed by atoms with Gasteiger partial charge in [0.1, 0.15) is 11.3 Å². The van der Waals surface area contributed by atoms with Gasteiger partial charge < -0.3 is 15.2 Å². The van der Waals surface area contributed by atoms with Crippen molar-refractivity contribution in [3.05, 3.63) is 88.2 Å². The largest absolute Gasteiger partial charge is 0.505 e. The first-order chi connectivity index (χ1) is 14.2. The Balaban J connectivity index is 1.69. The molecule has 0 bridgehead atoms. The molecule has 29 heavy (non-hydrogen) atoms. The third-order valence-electron chi connectivity index (χ3n) is 4.62. The fourth-order valence-corrected chi connectivity index (χ4v) is 4.01. The van der Waals surface area contributed by atoms with Gasteiger partial charge in [-0.25, -0.2) is 4.79 Å². The summed E-state index contributed by atoms with van der Waals surface area (Å²) in [4.78, 5) is 17.3. The number of nitrogens with one attached hydrogen (secondary N) is 1. The summed E-state index contributed by atoms with van der Waals surface area (Å²) >= 11 is 1.61. The molecule has 2 heterocycles. The summed E-state index contributed by atoms with van der Waals surface area (Å²) in [6.07, 6.45) is 1.67. The lowest BCUT2D eigenvalue weighted by Gasteiger charge is -2.21. The van der Waals surface area contributed by atoms with E-state index in [9.17, 15) is 9.90 Å². The zero-order chi connectivity index (χ0) is 20.2. The molecular formula is C23H20N2O3S. The number of benzene rings is 2. The summed E-state index contributed by atoms with van der Waals surface area (Å²) in [5.41, 5.74) is 2.65. The molecule has 2 aromatic heterocycles. The Morgan fingerprint density at radius 2 is 1.97 bits per heavy atom. The van der Waals surface area contributed by atoms with Crippen molar-refractivity contribution in [2.24, 2.45) is 0 Å². The van der Waals surface area contributed by atoms with Crippen molar-refractivity contribution in [3.8, 4) is 5.75 Å². The van der Waals surface area contributed by atoms with Gasteiger partial charge in [-0.2, -0.15) is 0 Å². The Morgan fingerprint density at radius 1 is 1.14 bits per heavy atom. The smallest absolute Gasteiger partial charge is 0.338 e. The van der Waals surface area contributed by atoms with E-state index in [0.29, 0.717) is 17.7 Å². The van der Waals surface area contributed by atoms with Crippen molar-refractivity contribution in [1.29, 1.82) is 0 Å². The number of ether oxygens (including phenoxy) is 1. The number of anilines is 1. The van der Waals surface area contributed by atoms with Crippen LogP contribution in [-0.4, -0.2) is 22.7 Å². The number of nitrogens with zero attached hydrogens (tertiary/aromatic N) is 1. The van der Waals surface area contributed by atoms with Gasteiger partial charge in [-0.1, -0.05) is 24.3 Å². The summed E-state index contributed by atoms with van der Waals surface area (Å²) in [6.45, 7) is 2.12. The van der Waals surface area contributed by atoms with Crippen LogP contribution in [0.3, 0.4) is 0 Å². The van der Waals surface area contributed by atoms with Crippen molar-refractivity contribution in [2.45, 2.75) is 13.0 Å². The predicted molar refractivity (Wildman–Crippen MR) is 116 cm³/mol. The summed E-state index contributed by atoms with van der Waals surface area (Å²) in [5, 5.41) is 17.3. The molecule has 0 spiro atoms. The summed E-state index contributed by atoms with van der Waals surface area (Å²) in [7, 11) is 0. The number of carbonyl (C=O) groups excluding carboxylic acids is 1. The lowest BCUT2D eigenvalue weighted by molar-refractivity contribution is 0.0526. The highest BCUT2D eigenvalue weighted by Crippen LogP contribution is 2.37. The molecule has 2 N–H and O–H groups in total. The predicted octanol–water partition coefficient (Wildman–Crippen LogP) is 5.38. The number of pyridine rings is 1. The fourth-order valence-electron chi connectivity index (χ4n) is 3.22. The highest BCUT2D eigenvalue weighted by molar-refractivity contribution is 7.10. The zero-order valence-electron chi connectivity index (χ0n) is 15.8. The number of hydrogen-bond acceptors (Lipinski definition) is 6. The topological polar surface area (TPSA) is 71.5 Å². The Morgan fingerprint density at radius 3 is 2.69 bits per heavy atom. The summed E-state index contributed by atoms with van der Waals surface area (Å²) < 4.78 is 5.04. The van der Waals surface area contributed by atoms with Crippen molar-refractivity contribution < 1.29 is 14.6 Å². The molecule has 146 valence electrons. The van der Waals surface area contributed by atoms with E-state index in [4.69, 9.17) is 4.74 Å². The Labute approximate surface area is 172 Å². The van der Waals surface area contributed by atoms with Crippen LogP contribution in [0.4, 0.5) is 5.69 Å². The second-order valence-electron chi connectivity index (χ2n) is 6.47. The highest BCUT2D eigenvalue weighted by Gasteiger charge is 2.21. The first kappa shape index (κ1) is 19.0. The molecule has 0 amide bonds. The van der Waals surface area contributed by atoms with E-state index in [1.807, 2.05) is 53.9 Å². The quantitative estimate of drug-likeness (QED) is 0.422. The molecule has 1 unspecified atom stereocenters. The van der Waals surface area contributed by atoms with Crippen LogP contribution in [0.25, 0.3) is 10.9 Å². The highest BCUT2D eigenvalue weighted by atomic mass is 32.1. The third kappa shape index (κ3) is 3.93. The van der Waals surface area contributed by atoms with Gasteiger partial charge in [0.15, 0.2) is 0 Å². The molecule has 2 aromatic carbocycles. The van der Waals surface area contributed by atoms with Crippen LogP contribution in [0, 0.1) is 0 Å². The summed E-state index contributed by atoms with van der Waals surface area (Å²) in [6, 6.07) is 18.5. The average Bonchev–Trinajstić information content (AvgIpc) is 3.28. The van der Waals surface area contributed by atoms with Gasteiger partial charge in [0.2, 0.25) is 0 Å². The standard InChI is InChI=1S/C23H20N2O3S/c1-2-28-23(27)16-7-10-17(11-8-16)25-21(19-6-4-14-29-19)18-12-9-15-5-3-13-24-20(15)22(18)26/h3-14,21,25-26H,2H2,1H3. The lowest BCUT2D eigenvalue weighted by Crippen LogP contribution is -2.12. The molecular weight excluding hydrogens is 384 g/mol. The molecule has 0 saturated heterocycles. The van der Waals surface area contributed by atoms with Gasteiger partial charge >= 0.3 is 5.97 Å². The van der Waals surface area contributed by atoms with Crippen molar-refractivity contribution in [3.63, 3.8) is 0 Å². The van der Waals surface area contributed by atoms with Crippen molar-refractivity contribution in [2.75, 3.05) is 11.9 Å². The lowest BCUT2D eigenvalue weighted by atomic mass is 10.0. The van der Waals surface area contributed by atoms with E-state index in [-0.39, 0.29) is 17.8 Å². The number of hydrogen-bond donors (Lipinski definition) is 2. The van der Waals surface area contributed by atoms with E-state index >= 15 is 0 Å². The number of carbonyl (C=O) groups is 1. The van der Waals surface area contributed by atoms with Crippen LogP contribution >= 0.6 is 11.3 Å². The van der Waals surface area contributed by atoms with Crippen LogP contribution in [0.5, 0.6) is 5.75 Å². The van der Waals surface area contributed by atoms with E-state index < -0.39 is 0 Å². The number of aromatic nitrogens is 1. The Hall–Kier alpha value is -3.38. The number of esters is 1. The van der Waals surface area contributed by atoms with Gasteiger partial charge in [0.25, 0.3) is 0 Å². The first-order valence-electron chi connectivity index (χ1n) is 9.31. The third-order valence-corrected chi connectivity index (χ3v) is 5.56. The van der Waals surface area contributed by atoms with Crippen LogP contribution in [0.2, 0.25) is 0 Å². The second kappa shape index (κ2) is 8.32. The molecule has 0 radical (unpaired) electrons. The molecule has 1 atom stereocenters. The molecule has 4 aromatic rings. The van der Waals surface area contributed by atoms with E-state index in [2.05, 4.69) is 10.3 Å². The van der Waals surface area contributed by atoms with E-state index in [0.717, 1.165) is 21.5 Å². The number of fused-ring (bicyclic) bond motifs is 1. The Kier molecular flexibility index (Phi) is 5.44. The molecule has 0 aliphatic heterocycles. The maximum Gasteiger partial charge on any atom is 0.338 e. The van der Waals surface area contributed by atoms with Gasteiger partial charge in [0.05, 0.1) is 18.2 Å². The van der Waals surface area contributed by atoms with Crippen molar-refractivity contribution >= 4 is 33.9 Å². The van der Waals surface area contributed by atoms with Crippen LogP contribution in [-0.2, 0) is 4.74 Å².